The van der Waals surface area contributed by atoms with Crippen molar-refractivity contribution in [3.05, 3.63) is 50.4 Å². The highest BCUT2D eigenvalue weighted by molar-refractivity contribution is 7.98. The van der Waals surface area contributed by atoms with Gasteiger partial charge in [-0.15, -0.1) is 11.8 Å². The summed E-state index contributed by atoms with van der Waals surface area (Å²) in [5, 5.41) is 8.29. The van der Waals surface area contributed by atoms with E-state index in [-0.39, 0.29) is 5.56 Å². The maximum atomic E-state index is 12.5. The van der Waals surface area contributed by atoms with Gasteiger partial charge in [0.05, 0.1) is 48.5 Å². The number of H-pyrrole nitrogens is 1. The predicted molar refractivity (Wildman–Crippen MR) is 117 cm³/mol. The Balaban J connectivity index is 1.58. The average Bonchev–Trinajstić information content (AvgIpc) is 3.12. The minimum absolute atomic E-state index is 0.271. The van der Waals surface area contributed by atoms with Crippen molar-refractivity contribution in [2.24, 2.45) is 0 Å². The van der Waals surface area contributed by atoms with E-state index >= 15 is 0 Å². The molecule has 11 heteroatoms. The van der Waals surface area contributed by atoms with Crippen LogP contribution in [0.1, 0.15) is 5.56 Å². The normalized spacial score (nSPS) is 11.3. The second-order valence-corrected chi connectivity index (χ2v) is 7.67. The first-order chi connectivity index (χ1) is 14.1. The summed E-state index contributed by atoms with van der Waals surface area (Å²) < 4.78 is 12.4. The van der Waals surface area contributed by atoms with Gasteiger partial charge in [0.25, 0.3) is 5.56 Å². The zero-order valence-corrected chi connectivity index (χ0v) is 18.1. The van der Waals surface area contributed by atoms with Crippen LogP contribution >= 0.6 is 35.0 Å². The van der Waals surface area contributed by atoms with E-state index in [1.165, 1.54) is 0 Å². The van der Waals surface area contributed by atoms with E-state index in [0.29, 0.717) is 65.9 Å². The number of rotatable bonds is 11. The number of nitrogens with zero attached hydrogens (tertiary/aromatic N) is 3. The monoisotopic (exact) mass is 457 g/mol. The fourth-order valence-electron chi connectivity index (χ4n) is 2.61. The molecule has 156 valence electrons. The van der Waals surface area contributed by atoms with Gasteiger partial charge in [0.1, 0.15) is 5.52 Å². The molecule has 0 aliphatic heterocycles. The van der Waals surface area contributed by atoms with Crippen LogP contribution in [0.3, 0.4) is 0 Å². The lowest BCUT2D eigenvalue weighted by Crippen LogP contribution is -2.18. The maximum absolute atomic E-state index is 12.5. The van der Waals surface area contributed by atoms with E-state index in [1.807, 2.05) is 12.3 Å². The molecule has 0 radical (unpaired) electrons. The number of hydrogen-bond donors (Lipinski definition) is 2. The fourth-order valence-corrected chi connectivity index (χ4v) is 3.21. The van der Waals surface area contributed by atoms with Crippen molar-refractivity contribution >= 4 is 51.9 Å². The molecular formula is C18H21Cl2N5O3S. The van der Waals surface area contributed by atoms with Gasteiger partial charge in [-0.05, 0) is 24.0 Å². The summed E-state index contributed by atoms with van der Waals surface area (Å²) in [6.45, 7) is 2.35. The number of thioether (sulfide) groups is 1. The molecule has 0 atom stereocenters. The highest BCUT2D eigenvalue weighted by atomic mass is 35.5. The van der Waals surface area contributed by atoms with Crippen molar-refractivity contribution < 1.29 is 9.47 Å². The van der Waals surface area contributed by atoms with E-state index in [9.17, 15) is 4.79 Å². The lowest BCUT2D eigenvalue weighted by atomic mass is 10.2. The summed E-state index contributed by atoms with van der Waals surface area (Å²) in [4.78, 5) is 19.7. The third-order valence-electron chi connectivity index (χ3n) is 3.96. The Morgan fingerprint density at radius 2 is 2.03 bits per heavy atom. The number of aromatic nitrogens is 4. The average molecular weight is 458 g/mol. The third kappa shape index (κ3) is 6.10. The van der Waals surface area contributed by atoms with Crippen LogP contribution in [0.2, 0.25) is 10.0 Å². The van der Waals surface area contributed by atoms with E-state index in [4.69, 9.17) is 32.7 Å². The van der Waals surface area contributed by atoms with Crippen molar-refractivity contribution in [3.63, 3.8) is 0 Å². The molecule has 3 aromatic rings. The number of hydrogen-bond acceptors (Lipinski definition) is 7. The standard InChI is InChI=1S/C18H21Cl2N5O3S/c1-29-11-28-7-6-27-5-4-25-16-15(10-22-25)23-18(24-17(16)26)21-9-12-2-3-13(19)14(20)8-12/h2-3,8,10H,4-7,9,11H2,1H3,(H2,21,23,24,26). The molecule has 8 nitrogen and oxygen atoms in total. The van der Waals surface area contributed by atoms with Gasteiger partial charge >= 0.3 is 0 Å². The maximum Gasteiger partial charge on any atom is 0.278 e. The molecule has 0 saturated carbocycles. The molecule has 0 aliphatic rings. The Hall–Kier alpha value is -1.78. The van der Waals surface area contributed by atoms with Crippen molar-refractivity contribution in [2.45, 2.75) is 13.1 Å². The van der Waals surface area contributed by atoms with Gasteiger partial charge in [-0.2, -0.15) is 5.10 Å². The van der Waals surface area contributed by atoms with Crippen LogP contribution in [-0.2, 0) is 22.6 Å². The van der Waals surface area contributed by atoms with E-state index < -0.39 is 0 Å². The van der Waals surface area contributed by atoms with Crippen LogP contribution in [0, 0.1) is 0 Å². The number of ether oxygens (including phenoxy) is 2. The summed E-state index contributed by atoms with van der Waals surface area (Å²) in [5.74, 6) is 1.01. The van der Waals surface area contributed by atoms with Crippen molar-refractivity contribution in [3.8, 4) is 0 Å². The molecule has 0 fully saturated rings. The largest absolute Gasteiger partial charge is 0.377 e. The van der Waals surface area contributed by atoms with Crippen LogP contribution in [0.4, 0.5) is 5.95 Å². The first-order valence-electron chi connectivity index (χ1n) is 8.86. The minimum atomic E-state index is -0.271. The number of anilines is 1. The first-order valence-corrected chi connectivity index (χ1v) is 11.0. The van der Waals surface area contributed by atoms with Gasteiger partial charge in [0, 0.05) is 6.54 Å². The summed E-state index contributed by atoms with van der Waals surface area (Å²) in [5.41, 5.74) is 1.56. The van der Waals surface area contributed by atoms with Crippen LogP contribution in [0.15, 0.2) is 29.2 Å². The number of aromatic amines is 1. The van der Waals surface area contributed by atoms with Gasteiger partial charge < -0.3 is 14.8 Å². The van der Waals surface area contributed by atoms with Gasteiger partial charge in [0.2, 0.25) is 5.95 Å². The molecule has 0 saturated heterocycles. The summed E-state index contributed by atoms with van der Waals surface area (Å²) in [6.07, 6.45) is 3.54. The van der Waals surface area contributed by atoms with Crippen molar-refractivity contribution in [1.82, 2.24) is 19.7 Å². The van der Waals surface area contributed by atoms with Crippen LogP contribution in [-0.4, -0.2) is 51.8 Å². The Morgan fingerprint density at radius 1 is 1.21 bits per heavy atom. The molecule has 29 heavy (non-hydrogen) atoms. The Bertz CT molecular complexity index is 1010. The quantitative estimate of drug-likeness (QED) is 0.336. The second kappa shape index (κ2) is 10.8. The van der Waals surface area contributed by atoms with Gasteiger partial charge in [0.15, 0.2) is 5.52 Å². The minimum Gasteiger partial charge on any atom is -0.377 e. The molecule has 0 spiro atoms. The fraction of sp³-hybridized carbons (Fsp3) is 0.389. The highest BCUT2D eigenvalue weighted by Crippen LogP contribution is 2.22. The number of nitrogens with one attached hydrogen (secondary N) is 2. The molecule has 2 aromatic heterocycles. The molecule has 0 unspecified atom stereocenters. The van der Waals surface area contributed by atoms with E-state index in [2.05, 4.69) is 20.4 Å². The third-order valence-corrected chi connectivity index (χ3v) is 5.11. The first kappa shape index (κ1) is 21.9. The number of benzene rings is 1. The summed E-state index contributed by atoms with van der Waals surface area (Å²) in [6, 6.07) is 5.33. The Morgan fingerprint density at radius 3 is 2.83 bits per heavy atom. The molecule has 0 aliphatic carbocycles. The molecule has 2 heterocycles. The van der Waals surface area contributed by atoms with E-state index in [1.54, 1.807) is 34.8 Å². The summed E-state index contributed by atoms with van der Waals surface area (Å²) >= 11 is 13.6. The van der Waals surface area contributed by atoms with E-state index in [0.717, 1.165) is 5.56 Å². The van der Waals surface area contributed by atoms with Gasteiger partial charge in [-0.1, -0.05) is 29.3 Å². The van der Waals surface area contributed by atoms with Crippen LogP contribution in [0.5, 0.6) is 0 Å². The zero-order valence-electron chi connectivity index (χ0n) is 15.8. The topological polar surface area (TPSA) is 94.1 Å². The smallest absolute Gasteiger partial charge is 0.278 e. The van der Waals surface area contributed by atoms with Crippen molar-refractivity contribution in [1.29, 1.82) is 0 Å². The van der Waals surface area contributed by atoms with Crippen LogP contribution in [0.25, 0.3) is 11.0 Å². The molecule has 0 amide bonds. The molecule has 2 N–H and O–H groups in total. The lowest BCUT2D eigenvalue weighted by Gasteiger charge is -2.08. The molecule has 1 aromatic carbocycles. The highest BCUT2D eigenvalue weighted by Gasteiger charge is 2.10. The van der Waals surface area contributed by atoms with Gasteiger partial charge in [-0.3, -0.25) is 14.5 Å². The van der Waals surface area contributed by atoms with Gasteiger partial charge in [-0.25, -0.2) is 4.98 Å². The number of halogens is 2. The second-order valence-electron chi connectivity index (χ2n) is 6.05. The Kier molecular flexibility index (Phi) is 8.19. The Labute approximate surface area is 181 Å². The predicted octanol–water partition coefficient (Wildman–Crippen LogP) is 3.39. The molecular weight excluding hydrogens is 437 g/mol. The van der Waals surface area contributed by atoms with Crippen molar-refractivity contribution in [2.75, 3.05) is 37.3 Å². The summed E-state index contributed by atoms with van der Waals surface area (Å²) in [7, 11) is 0. The number of fused-ring (bicyclic) bond motifs is 1. The molecule has 0 bridgehead atoms. The lowest BCUT2D eigenvalue weighted by molar-refractivity contribution is 0.0611. The van der Waals surface area contributed by atoms with Crippen LogP contribution < -0.4 is 10.9 Å². The zero-order chi connectivity index (χ0) is 20.6. The molecule has 3 rings (SSSR count). The SMILES string of the molecule is CSCOCCOCCn1ncc2nc(NCc3ccc(Cl)c(Cl)c3)[nH]c(=O)c21.